The third-order valence-corrected chi connectivity index (χ3v) is 4.98. The van der Waals surface area contributed by atoms with Crippen molar-refractivity contribution in [3.05, 3.63) is 45.6 Å². The molecule has 0 fully saturated rings. The van der Waals surface area contributed by atoms with Crippen LogP contribution in [0.15, 0.2) is 35.2 Å². The quantitative estimate of drug-likeness (QED) is 0.847. The van der Waals surface area contributed by atoms with Crippen LogP contribution < -0.4 is 5.32 Å². The zero-order chi connectivity index (χ0) is 16.3. The molecule has 0 atom stereocenters. The second kappa shape index (κ2) is 6.98. The number of amides is 2. The summed E-state index contributed by atoms with van der Waals surface area (Å²) in [5.41, 5.74) is 1.43. The molecule has 22 heavy (non-hydrogen) atoms. The summed E-state index contributed by atoms with van der Waals surface area (Å²) in [5, 5.41) is 2.85. The van der Waals surface area contributed by atoms with Crippen molar-refractivity contribution < 1.29 is 9.59 Å². The van der Waals surface area contributed by atoms with Crippen molar-refractivity contribution in [2.45, 2.75) is 18.7 Å². The molecule has 0 aliphatic heterocycles. The van der Waals surface area contributed by atoms with Crippen LogP contribution in [0, 0.1) is 13.8 Å². The van der Waals surface area contributed by atoms with Crippen LogP contribution in [0.5, 0.6) is 0 Å². The van der Waals surface area contributed by atoms with Gasteiger partial charge in [-0.2, -0.15) is 0 Å². The second-order valence-electron chi connectivity index (χ2n) is 5.07. The third kappa shape index (κ3) is 4.11. The Kier molecular flexibility index (Phi) is 5.26. The summed E-state index contributed by atoms with van der Waals surface area (Å²) in [6.07, 6.45) is 0. The first-order chi connectivity index (χ1) is 10.4. The van der Waals surface area contributed by atoms with Crippen molar-refractivity contribution in [3.63, 3.8) is 0 Å². The molecule has 2 aromatic rings. The van der Waals surface area contributed by atoms with E-state index >= 15 is 0 Å². The number of rotatable bonds is 3. The molecule has 1 aromatic carbocycles. The number of anilines is 1. The number of hydrogen-bond donors (Lipinski definition) is 1. The Morgan fingerprint density at radius 2 is 1.77 bits per heavy atom. The van der Waals surface area contributed by atoms with Crippen molar-refractivity contribution >= 4 is 39.9 Å². The highest BCUT2D eigenvalue weighted by Crippen LogP contribution is 2.24. The minimum atomic E-state index is -0.105. The Bertz CT molecular complexity index is 691. The van der Waals surface area contributed by atoms with Crippen molar-refractivity contribution in [2.24, 2.45) is 0 Å². The number of carbonyl (C=O) groups is 2. The summed E-state index contributed by atoms with van der Waals surface area (Å²) < 4.78 is 0. The van der Waals surface area contributed by atoms with Crippen molar-refractivity contribution in [3.8, 4) is 0 Å². The molecule has 0 saturated heterocycles. The first-order valence-corrected chi connectivity index (χ1v) is 8.37. The van der Waals surface area contributed by atoms with Gasteiger partial charge in [-0.05, 0) is 55.9 Å². The van der Waals surface area contributed by atoms with E-state index < -0.39 is 0 Å². The average molecular weight is 334 g/mol. The SMILES string of the molecule is Cc1cc(C(=O)Nc2ccc(SC(=O)N(C)C)cc2)c(C)s1. The number of thiophene rings is 1. The Hall–Kier alpha value is -1.79. The predicted molar refractivity (Wildman–Crippen MR) is 93.1 cm³/mol. The van der Waals surface area contributed by atoms with Gasteiger partial charge in [0.1, 0.15) is 0 Å². The first-order valence-electron chi connectivity index (χ1n) is 6.74. The molecular weight excluding hydrogens is 316 g/mol. The number of aryl methyl sites for hydroxylation is 2. The summed E-state index contributed by atoms with van der Waals surface area (Å²) in [6, 6.07) is 9.16. The topological polar surface area (TPSA) is 49.4 Å². The smallest absolute Gasteiger partial charge is 0.285 e. The lowest BCUT2D eigenvalue weighted by Gasteiger charge is -2.09. The fraction of sp³-hybridized carbons (Fsp3) is 0.250. The minimum Gasteiger partial charge on any atom is -0.339 e. The van der Waals surface area contributed by atoms with E-state index in [9.17, 15) is 9.59 Å². The molecule has 2 rings (SSSR count). The molecule has 0 bridgehead atoms. The van der Waals surface area contributed by atoms with Gasteiger partial charge in [-0.3, -0.25) is 9.59 Å². The standard InChI is InChI=1S/C16H18N2O2S2/c1-10-9-14(11(2)21-10)15(19)17-12-5-7-13(8-6-12)22-16(20)18(3)4/h5-9H,1-4H3,(H,17,19). The van der Waals surface area contributed by atoms with Crippen molar-refractivity contribution in [2.75, 3.05) is 19.4 Å². The maximum Gasteiger partial charge on any atom is 0.285 e. The summed E-state index contributed by atoms with van der Waals surface area (Å²) in [7, 11) is 3.43. The van der Waals surface area contributed by atoms with Crippen LogP contribution in [0.25, 0.3) is 0 Å². The highest BCUT2D eigenvalue weighted by Gasteiger charge is 2.12. The Morgan fingerprint density at radius 3 is 2.27 bits per heavy atom. The lowest BCUT2D eigenvalue weighted by atomic mass is 10.2. The fourth-order valence-electron chi connectivity index (χ4n) is 1.85. The van der Waals surface area contributed by atoms with Crippen LogP contribution in [0.4, 0.5) is 10.5 Å². The van der Waals surface area contributed by atoms with E-state index in [4.69, 9.17) is 0 Å². The predicted octanol–water partition coefficient (Wildman–Crippen LogP) is 4.39. The number of thioether (sulfide) groups is 1. The van der Waals surface area contributed by atoms with Gasteiger partial charge in [0.2, 0.25) is 0 Å². The summed E-state index contributed by atoms with van der Waals surface area (Å²) >= 11 is 2.77. The van der Waals surface area contributed by atoms with Crippen LogP contribution in [0.3, 0.4) is 0 Å². The van der Waals surface area contributed by atoms with E-state index in [1.165, 1.54) is 4.90 Å². The highest BCUT2D eigenvalue weighted by molar-refractivity contribution is 8.13. The third-order valence-electron chi connectivity index (χ3n) is 2.97. The largest absolute Gasteiger partial charge is 0.339 e. The van der Waals surface area contributed by atoms with Gasteiger partial charge in [0.15, 0.2) is 0 Å². The normalized spacial score (nSPS) is 10.4. The second-order valence-corrected chi connectivity index (χ2v) is 7.55. The summed E-state index contributed by atoms with van der Waals surface area (Å²) in [5.74, 6) is -0.105. The number of carbonyl (C=O) groups excluding carboxylic acids is 2. The molecule has 1 aromatic heterocycles. The van der Waals surface area contributed by atoms with E-state index in [0.717, 1.165) is 32.1 Å². The maximum absolute atomic E-state index is 12.2. The summed E-state index contributed by atoms with van der Waals surface area (Å²) in [4.78, 5) is 28.4. The highest BCUT2D eigenvalue weighted by atomic mass is 32.2. The van der Waals surface area contributed by atoms with Gasteiger partial charge in [-0.15, -0.1) is 11.3 Å². The molecule has 1 heterocycles. The molecule has 4 nitrogen and oxygen atoms in total. The molecule has 2 amide bonds. The fourth-order valence-corrected chi connectivity index (χ4v) is 3.43. The summed E-state index contributed by atoms with van der Waals surface area (Å²) in [6.45, 7) is 3.93. The van der Waals surface area contributed by atoms with Crippen molar-refractivity contribution in [1.29, 1.82) is 0 Å². The molecule has 0 spiro atoms. The van der Waals surface area contributed by atoms with Crippen LogP contribution in [0.2, 0.25) is 0 Å². The van der Waals surface area contributed by atoms with E-state index in [2.05, 4.69) is 5.32 Å². The van der Waals surface area contributed by atoms with E-state index in [-0.39, 0.29) is 11.1 Å². The molecule has 0 radical (unpaired) electrons. The van der Waals surface area contributed by atoms with Gasteiger partial charge in [-0.25, -0.2) is 0 Å². The monoisotopic (exact) mass is 334 g/mol. The number of hydrogen-bond acceptors (Lipinski definition) is 4. The molecule has 0 aliphatic rings. The van der Waals surface area contributed by atoms with Gasteiger partial charge in [0.05, 0.1) is 5.56 Å². The zero-order valence-electron chi connectivity index (χ0n) is 13.0. The molecular formula is C16H18N2O2S2. The van der Waals surface area contributed by atoms with Crippen LogP contribution in [-0.4, -0.2) is 30.1 Å². The van der Waals surface area contributed by atoms with Gasteiger partial charge >= 0.3 is 0 Å². The van der Waals surface area contributed by atoms with E-state index in [1.807, 2.05) is 32.0 Å². The van der Waals surface area contributed by atoms with Crippen LogP contribution >= 0.6 is 23.1 Å². The molecule has 0 aliphatic carbocycles. The number of nitrogens with one attached hydrogen (secondary N) is 1. The van der Waals surface area contributed by atoms with Gasteiger partial charge in [0.25, 0.3) is 11.1 Å². The Balaban J connectivity index is 2.03. The molecule has 0 unspecified atom stereocenters. The molecule has 116 valence electrons. The van der Waals surface area contributed by atoms with Gasteiger partial charge in [0, 0.05) is 34.4 Å². The van der Waals surface area contributed by atoms with Crippen molar-refractivity contribution in [1.82, 2.24) is 4.90 Å². The van der Waals surface area contributed by atoms with E-state index in [1.54, 1.807) is 37.6 Å². The Morgan fingerprint density at radius 1 is 1.14 bits per heavy atom. The minimum absolute atomic E-state index is 0.0267. The maximum atomic E-state index is 12.2. The molecule has 1 N–H and O–H groups in total. The molecule has 6 heteroatoms. The van der Waals surface area contributed by atoms with Crippen LogP contribution in [0.1, 0.15) is 20.1 Å². The van der Waals surface area contributed by atoms with E-state index in [0.29, 0.717) is 5.56 Å². The lowest BCUT2D eigenvalue weighted by molar-refractivity contribution is 0.102. The number of nitrogens with zero attached hydrogens (tertiary/aromatic N) is 1. The zero-order valence-corrected chi connectivity index (χ0v) is 14.6. The van der Waals surface area contributed by atoms with Crippen LogP contribution in [-0.2, 0) is 0 Å². The Labute approximate surface area is 138 Å². The first kappa shape index (κ1) is 16.6. The van der Waals surface area contributed by atoms with Gasteiger partial charge < -0.3 is 10.2 Å². The number of benzene rings is 1. The lowest BCUT2D eigenvalue weighted by Crippen LogP contribution is -2.16. The van der Waals surface area contributed by atoms with Gasteiger partial charge in [-0.1, -0.05) is 0 Å². The average Bonchev–Trinajstić information content (AvgIpc) is 2.79. The molecule has 0 saturated carbocycles.